The van der Waals surface area contributed by atoms with E-state index in [1.807, 2.05) is 0 Å². The standard InChI is InChI=1S/C9H14O4S/c1-13-9(12)7-3-5-14-4-2-6(7)8(10)11/h6-7H,2-5H2,1H3,(H,10,11). The minimum absolute atomic E-state index is 0.389. The molecule has 14 heavy (non-hydrogen) atoms. The van der Waals surface area contributed by atoms with Crippen LogP contribution in [-0.2, 0) is 14.3 Å². The largest absolute Gasteiger partial charge is 0.481 e. The fraction of sp³-hybridized carbons (Fsp3) is 0.778. The molecule has 2 unspecified atom stereocenters. The van der Waals surface area contributed by atoms with E-state index in [0.29, 0.717) is 12.8 Å². The highest BCUT2D eigenvalue weighted by atomic mass is 32.2. The summed E-state index contributed by atoms with van der Waals surface area (Å²) in [6, 6.07) is 0. The minimum atomic E-state index is -0.886. The average Bonchev–Trinajstić information content (AvgIpc) is 2.41. The molecule has 1 aliphatic rings. The van der Waals surface area contributed by atoms with Gasteiger partial charge in [0, 0.05) is 0 Å². The zero-order valence-corrected chi connectivity index (χ0v) is 8.88. The van der Waals surface area contributed by atoms with E-state index in [2.05, 4.69) is 4.74 Å². The first kappa shape index (κ1) is 11.4. The Labute approximate surface area is 87.0 Å². The van der Waals surface area contributed by atoms with Crippen LogP contribution in [0.25, 0.3) is 0 Å². The van der Waals surface area contributed by atoms with Crippen molar-refractivity contribution in [3.8, 4) is 0 Å². The normalized spacial score (nSPS) is 27.8. The molecule has 80 valence electrons. The number of ether oxygens (including phenoxy) is 1. The third-order valence-corrected chi connectivity index (χ3v) is 3.50. The van der Waals surface area contributed by atoms with Gasteiger partial charge < -0.3 is 9.84 Å². The fourth-order valence-electron chi connectivity index (χ4n) is 1.65. The number of thioether (sulfide) groups is 1. The summed E-state index contributed by atoms with van der Waals surface area (Å²) in [5, 5.41) is 8.96. The molecule has 0 aromatic heterocycles. The Balaban J connectivity index is 2.73. The van der Waals surface area contributed by atoms with Gasteiger partial charge in [-0.2, -0.15) is 11.8 Å². The molecule has 0 radical (unpaired) electrons. The summed E-state index contributed by atoms with van der Waals surface area (Å²) in [4.78, 5) is 22.3. The number of carbonyl (C=O) groups is 2. The zero-order valence-electron chi connectivity index (χ0n) is 8.06. The number of hydrogen-bond donors (Lipinski definition) is 1. The average molecular weight is 218 g/mol. The molecule has 1 heterocycles. The van der Waals surface area contributed by atoms with Crippen molar-refractivity contribution in [1.29, 1.82) is 0 Å². The maximum atomic E-state index is 11.3. The third kappa shape index (κ3) is 2.64. The highest BCUT2D eigenvalue weighted by molar-refractivity contribution is 7.99. The van der Waals surface area contributed by atoms with Gasteiger partial charge in [0.25, 0.3) is 0 Å². The van der Waals surface area contributed by atoms with Gasteiger partial charge in [-0.25, -0.2) is 0 Å². The van der Waals surface area contributed by atoms with E-state index in [0.717, 1.165) is 11.5 Å². The van der Waals surface area contributed by atoms with Crippen LogP contribution < -0.4 is 0 Å². The molecular weight excluding hydrogens is 204 g/mol. The zero-order chi connectivity index (χ0) is 10.6. The van der Waals surface area contributed by atoms with E-state index < -0.39 is 17.8 Å². The second-order valence-electron chi connectivity index (χ2n) is 3.26. The van der Waals surface area contributed by atoms with E-state index in [9.17, 15) is 9.59 Å². The van der Waals surface area contributed by atoms with Crippen molar-refractivity contribution in [3.63, 3.8) is 0 Å². The molecule has 0 aliphatic carbocycles. The fourth-order valence-corrected chi connectivity index (χ4v) is 2.70. The number of carbonyl (C=O) groups excluding carboxylic acids is 1. The SMILES string of the molecule is COC(=O)C1CCSCCC1C(=O)O. The Kier molecular flexibility index (Phi) is 4.25. The summed E-state index contributed by atoms with van der Waals surface area (Å²) < 4.78 is 4.61. The van der Waals surface area contributed by atoms with Crippen LogP contribution in [0.2, 0.25) is 0 Å². The van der Waals surface area contributed by atoms with Gasteiger partial charge in [-0.15, -0.1) is 0 Å². The summed E-state index contributed by atoms with van der Waals surface area (Å²) in [6.45, 7) is 0. The minimum Gasteiger partial charge on any atom is -0.481 e. The van der Waals surface area contributed by atoms with Crippen molar-refractivity contribution in [2.24, 2.45) is 11.8 Å². The van der Waals surface area contributed by atoms with Crippen molar-refractivity contribution >= 4 is 23.7 Å². The van der Waals surface area contributed by atoms with Gasteiger partial charge in [-0.3, -0.25) is 9.59 Å². The number of rotatable bonds is 2. The Morgan fingerprint density at radius 2 is 1.86 bits per heavy atom. The molecule has 0 aromatic carbocycles. The van der Waals surface area contributed by atoms with Gasteiger partial charge in [0.05, 0.1) is 18.9 Å². The monoisotopic (exact) mass is 218 g/mol. The molecule has 4 nitrogen and oxygen atoms in total. The number of hydrogen-bond acceptors (Lipinski definition) is 4. The number of esters is 1. The molecule has 1 saturated heterocycles. The van der Waals surface area contributed by atoms with Gasteiger partial charge in [-0.1, -0.05) is 0 Å². The van der Waals surface area contributed by atoms with Crippen molar-refractivity contribution in [2.75, 3.05) is 18.6 Å². The Morgan fingerprint density at radius 1 is 1.29 bits per heavy atom. The Morgan fingerprint density at radius 3 is 2.36 bits per heavy atom. The Hall–Kier alpha value is -0.710. The topological polar surface area (TPSA) is 63.6 Å². The number of carboxylic acids is 1. The van der Waals surface area contributed by atoms with Crippen molar-refractivity contribution in [1.82, 2.24) is 0 Å². The molecule has 1 aliphatic heterocycles. The van der Waals surface area contributed by atoms with Crippen LogP contribution in [0.3, 0.4) is 0 Å². The lowest BCUT2D eigenvalue weighted by Gasteiger charge is -2.18. The predicted octanol–water partition coefficient (Wildman–Crippen LogP) is 1.00. The maximum absolute atomic E-state index is 11.3. The summed E-state index contributed by atoms with van der Waals surface area (Å²) in [5.74, 6) is -0.665. The number of aliphatic carboxylic acids is 1. The molecule has 1 fully saturated rings. The van der Waals surface area contributed by atoms with Crippen LogP contribution in [0.5, 0.6) is 0 Å². The third-order valence-electron chi connectivity index (χ3n) is 2.45. The maximum Gasteiger partial charge on any atom is 0.309 e. The van der Waals surface area contributed by atoms with E-state index in [4.69, 9.17) is 5.11 Å². The molecule has 0 spiro atoms. The molecular formula is C9H14O4S. The number of methoxy groups -OCH3 is 1. The molecule has 5 heteroatoms. The molecule has 0 amide bonds. The summed E-state index contributed by atoms with van der Waals surface area (Å²) >= 11 is 1.70. The highest BCUT2D eigenvalue weighted by Gasteiger charge is 2.35. The van der Waals surface area contributed by atoms with E-state index in [-0.39, 0.29) is 5.97 Å². The van der Waals surface area contributed by atoms with Crippen LogP contribution in [0.4, 0.5) is 0 Å². The van der Waals surface area contributed by atoms with Gasteiger partial charge >= 0.3 is 11.9 Å². The highest BCUT2D eigenvalue weighted by Crippen LogP contribution is 2.28. The first-order chi connectivity index (χ1) is 6.66. The van der Waals surface area contributed by atoms with Gasteiger partial charge in [0.15, 0.2) is 0 Å². The predicted molar refractivity (Wildman–Crippen MR) is 53.2 cm³/mol. The molecule has 0 aromatic rings. The molecule has 1 rings (SSSR count). The second kappa shape index (κ2) is 5.24. The lowest BCUT2D eigenvalue weighted by Crippen LogP contribution is -2.30. The van der Waals surface area contributed by atoms with Crippen LogP contribution in [-0.4, -0.2) is 35.7 Å². The lowest BCUT2D eigenvalue weighted by atomic mass is 9.88. The summed E-state index contributed by atoms with van der Waals surface area (Å²) in [7, 11) is 1.30. The quantitative estimate of drug-likeness (QED) is 0.701. The van der Waals surface area contributed by atoms with Crippen LogP contribution in [0, 0.1) is 11.8 Å². The molecule has 0 saturated carbocycles. The lowest BCUT2D eigenvalue weighted by molar-refractivity contribution is -0.155. The molecule has 0 bridgehead atoms. The second-order valence-corrected chi connectivity index (χ2v) is 4.49. The first-order valence-corrected chi connectivity index (χ1v) is 5.70. The summed E-state index contributed by atoms with van der Waals surface area (Å²) in [5.41, 5.74) is 0. The molecule has 2 atom stereocenters. The first-order valence-electron chi connectivity index (χ1n) is 4.55. The van der Waals surface area contributed by atoms with Crippen molar-refractivity contribution in [2.45, 2.75) is 12.8 Å². The smallest absolute Gasteiger partial charge is 0.309 e. The van der Waals surface area contributed by atoms with Crippen LogP contribution >= 0.6 is 11.8 Å². The van der Waals surface area contributed by atoms with Gasteiger partial charge in [0.1, 0.15) is 0 Å². The Bertz CT molecular complexity index is 229. The summed E-state index contributed by atoms with van der Waals surface area (Å²) in [6.07, 6.45) is 1.16. The van der Waals surface area contributed by atoms with E-state index in [1.165, 1.54) is 7.11 Å². The van der Waals surface area contributed by atoms with Crippen molar-refractivity contribution in [3.05, 3.63) is 0 Å². The van der Waals surface area contributed by atoms with Gasteiger partial charge in [-0.05, 0) is 24.3 Å². The van der Waals surface area contributed by atoms with Crippen LogP contribution in [0.15, 0.2) is 0 Å². The number of carboxylic acid groups (broad SMARTS) is 1. The van der Waals surface area contributed by atoms with Gasteiger partial charge in [0.2, 0.25) is 0 Å². The molecule has 1 N–H and O–H groups in total. The van der Waals surface area contributed by atoms with Crippen molar-refractivity contribution < 1.29 is 19.4 Å². The van der Waals surface area contributed by atoms with E-state index in [1.54, 1.807) is 11.8 Å². The van der Waals surface area contributed by atoms with Crippen LogP contribution in [0.1, 0.15) is 12.8 Å². The van der Waals surface area contributed by atoms with E-state index >= 15 is 0 Å².